The molecule has 0 bridgehead atoms. The van der Waals surface area contributed by atoms with Crippen molar-refractivity contribution in [3.8, 4) is 0 Å². The zero-order valence-electron chi connectivity index (χ0n) is 19.8. The van der Waals surface area contributed by atoms with Crippen molar-refractivity contribution >= 4 is 11.4 Å². The zero-order chi connectivity index (χ0) is 23.1. The molecule has 3 saturated carbocycles. The Morgan fingerprint density at radius 3 is 2.62 bits per heavy atom. The summed E-state index contributed by atoms with van der Waals surface area (Å²) < 4.78 is 0. The lowest BCUT2D eigenvalue weighted by atomic mass is 9.46. The van der Waals surface area contributed by atoms with Crippen LogP contribution in [0.1, 0.15) is 59.8 Å². The number of nitrogens with zero attached hydrogens (tertiary/aromatic N) is 2. The van der Waals surface area contributed by atoms with E-state index in [9.17, 15) is 15.3 Å². The lowest BCUT2D eigenvalue weighted by Crippen LogP contribution is -2.61. The molecule has 7 atom stereocenters. The minimum atomic E-state index is -1.27. The van der Waals surface area contributed by atoms with Gasteiger partial charge < -0.3 is 25.0 Å². The molecule has 0 aromatic heterocycles. The maximum absolute atomic E-state index is 11.8. The molecule has 0 aromatic rings. The Morgan fingerprint density at radius 1 is 1.19 bits per heavy atom. The van der Waals surface area contributed by atoms with E-state index in [0.717, 1.165) is 25.0 Å². The van der Waals surface area contributed by atoms with E-state index >= 15 is 0 Å². The number of oxime groups is 2. The molecule has 0 unspecified atom stereocenters. The Balaban J connectivity index is 1.67. The number of rotatable bonds is 6. The summed E-state index contributed by atoms with van der Waals surface area (Å²) in [6, 6.07) is 0. The largest absolute Gasteiger partial charge is 0.396 e. The SMILES string of the molecule is CCO/N=C1/C=C[C@@]2(C)C(=C1)CC[C@@H]1[C@@H]2[C@@H](O)C[C@@]2(C)[C@H]1CC[C@]2(O)/C(CO)=N\OCC. The van der Waals surface area contributed by atoms with Gasteiger partial charge in [-0.3, -0.25) is 0 Å². The molecule has 7 heteroatoms. The van der Waals surface area contributed by atoms with Gasteiger partial charge >= 0.3 is 0 Å². The van der Waals surface area contributed by atoms with Gasteiger partial charge in [0.05, 0.1) is 12.7 Å². The molecule has 0 aromatic carbocycles. The smallest absolute Gasteiger partial charge is 0.115 e. The first-order valence-corrected chi connectivity index (χ1v) is 12.1. The molecule has 4 aliphatic carbocycles. The summed E-state index contributed by atoms with van der Waals surface area (Å²) in [6.45, 7) is 8.60. The van der Waals surface area contributed by atoms with E-state index < -0.39 is 17.1 Å². The first-order chi connectivity index (χ1) is 15.2. The molecular formula is C25H38N2O5. The minimum Gasteiger partial charge on any atom is -0.396 e. The fourth-order valence-corrected chi connectivity index (χ4v) is 7.39. The van der Waals surface area contributed by atoms with Crippen LogP contribution in [0, 0.1) is 28.6 Å². The van der Waals surface area contributed by atoms with Crippen LogP contribution in [0.15, 0.2) is 34.1 Å². The van der Waals surface area contributed by atoms with Crippen molar-refractivity contribution in [2.24, 2.45) is 38.9 Å². The van der Waals surface area contributed by atoms with Gasteiger partial charge in [-0.05, 0) is 69.9 Å². The number of hydrogen-bond donors (Lipinski definition) is 3. The van der Waals surface area contributed by atoms with Gasteiger partial charge in [-0.25, -0.2) is 0 Å². The predicted octanol–water partition coefficient (Wildman–Crippen LogP) is 3.20. The second-order valence-electron chi connectivity index (χ2n) is 10.3. The maximum atomic E-state index is 11.8. The molecule has 3 fully saturated rings. The Morgan fingerprint density at radius 2 is 1.94 bits per heavy atom. The zero-order valence-corrected chi connectivity index (χ0v) is 19.8. The van der Waals surface area contributed by atoms with E-state index in [1.807, 2.05) is 19.9 Å². The fourth-order valence-electron chi connectivity index (χ4n) is 7.39. The van der Waals surface area contributed by atoms with Gasteiger partial charge in [0.25, 0.3) is 0 Å². The second kappa shape index (κ2) is 8.58. The van der Waals surface area contributed by atoms with Crippen LogP contribution < -0.4 is 0 Å². The first kappa shape index (κ1) is 23.5. The molecule has 0 saturated heterocycles. The van der Waals surface area contributed by atoms with E-state index in [1.165, 1.54) is 5.57 Å². The van der Waals surface area contributed by atoms with Crippen LogP contribution in [-0.4, -0.2) is 58.3 Å². The number of allylic oxidation sites excluding steroid dienone is 4. The van der Waals surface area contributed by atoms with Crippen LogP contribution in [0.4, 0.5) is 0 Å². The molecule has 4 rings (SSSR count). The predicted molar refractivity (Wildman–Crippen MR) is 123 cm³/mol. The highest BCUT2D eigenvalue weighted by Gasteiger charge is 2.67. The summed E-state index contributed by atoms with van der Waals surface area (Å²) in [5.74, 6) is 0.598. The Kier molecular flexibility index (Phi) is 6.29. The van der Waals surface area contributed by atoms with E-state index in [4.69, 9.17) is 9.68 Å². The summed E-state index contributed by atoms with van der Waals surface area (Å²) in [4.78, 5) is 10.5. The molecule has 7 nitrogen and oxygen atoms in total. The van der Waals surface area contributed by atoms with E-state index in [-0.39, 0.29) is 35.5 Å². The summed E-state index contributed by atoms with van der Waals surface area (Å²) in [7, 11) is 0. The van der Waals surface area contributed by atoms with Crippen LogP contribution in [0.3, 0.4) is 0 Å². The maximum Gasteiger partial charge on any atom is 0.115 e. The van der Waals surface area contributed by atoms with Crippen LogP contribution in [0.25, 0.3) is 0 Å². The third-order valence-corrected chi connectivity index (χ3v) is 8.89. The highest BCUT2D eigenvalue weighted by atomic mass is 16.6. The van der Waals surface area contributed by atoms with Crippen LogP contribution >= 0.6 is 0 Å². The van der Waals surface area contributed by atoms with Gasteiger partial charge in [-0.2, -0.15) is 0 Å². The lowest BCUT2D eigenvalue weighted by Gasteiger charge is -2.59. The van der Waals surface area contributed by atoms with E-state index in [2.05, 4.69) is 36.3 Å². The minimum absolute atomic E-state index is 0.0780. The Hall–Kier alpha value is -1.70. The second-order valence-corrected chi connectivity index (χ2v) is 10.3. The Labute approximate surface area is 190 Å². The molecule has 3 N–H and O–H groups in total. The number of aliphatic hydroxyl groups is 3. The van der Waals surface area contributed by atoms with Crippen molar-refractivity contribution in [1.82, 2.24) is 0 Å². The van der Waals surface area contributed by atoms with Crippen molar-refractivity contribution in [1.29, 1.82) is 0 Å². The third kappa shape index (κ3) is 3.35. The monoisotopic (exact) mass is 446 g/mol. The van der Waals surface area contributed by atoms with Gasteiger partial charge in [0.1, 0.15) is 30.2 Å². The summed E-state index contributed by atoms with van der Waals surface area (Å²) >= 11 is 0. The third-order valence-electron chi connectivity index (χ3n) is 8.89. The molecule has 178 valence electrons. The molecule has 0 amide bonds. The van der Waals surface area contributed by atoms with Gasteiger partial charge in [0, 0.05) is 16.7 Å². The van der Waals surface area contributed by atoms with Crippen molar-refractivity contribution in [2.75, 3.05) is 19.8 Å². The van der Waals surface area contributed by atoms with Gasteiger partial charge in [-0.15, -0.1) is 0 Å². The topological polar surface area (TPSA) is 104 Å². The van der Waals surface area contributed by atoms with Gasteiger partial charge in [0.15, 0.2) is 0 Å². The molecular weight excluding hydrogens is 408 g/mol. The number of aliphatic hydroxyl groups excluding tert-OH is 2. The summed E-state index contributed by atoms with van der Waals surface area (Å²) in [5, 5.41) is 41.6. The normalized spacial score (nSPS) is 44.5. The highest BCUT2D eigenvalue weighted by Crippen LogP contribution is 2.67. The first-order valence-electron chi connectivity index (χ1n) is 12.1. The summed E-state index contributed by atoms with van der Waals surface area (Å²) in [6.07, 6.45) is 9.50. The molecule has 0 aliphatic heterocycles. The molecule has 4 aliphatic rings. The molecule has 0 spiro atoms. The van der Waals surface area contributed by atoms with Crippen LogP contribution in [0.2, 0.25) is 0 Å². The molecule has 0 radical (unpaired) electrons. The van der Waals surface area contributed by atoms with E-state index in [1.54, 1.807) is 0 Å². The highest BCUT2D eigenvalue weighted by molar-refractivity contribution is 6.05. The summed E-state index contributed by atoms with van der Waals surface area (Å²) in [5.41, 5.74) is 0.322. The lowest BCUT2D eigenvalue weighted by molar-refractivity contribution is -0.144. The van der Waals surface area contributed by atoms with Crippen LogP contribution in [-0.2, 0) is 9.68 Å². The number of fused-ring (bicyclic) bond motifs is 5. The van der Waals surface area contributed by atoms with Crippen molar-refractivity contribution in [3.63, 3.8) is 0 Å². The number of hydrogen-bond acceptors (Lipinski definition) is 7. The van der Waals surface area contributed by atoms with E-state index in [0.29, 0.717) is 26.1 Å². The average molecular weight is 447 g/mol. The standard InChI is InChI=1S/C25H38N2O5/c1-5-31-26-17-9-11-23(3)16(13-17)7-8-18-19-10-12-25(30,21(15-28)27-32-6-2)24(19,4)14-20(29)22(18)23/h9,11,13,18-20,22,28-30H,5-8,10,12,14-15H2,1-4H3/b26-17-,27-21-/t18-,19-,20-,22+,23-,24-,25-/m0/s1. The Bertz CT molecular complexity index is 851. The van der Waals surface area contributed by atoms with Crippen molar-refractivity contribution in [2.45, 2.75) is 71.5 Å². The van der Waals surface area contributed by atoms with Gasteiger partial charge in [0.2, 0.25) is 0 Å². The fraction of sp³-hybridized carbons (Fsp3) is 0.760. The van der Waals surface area contributed by atoms with Crippen molar-refractivity contribution < 1.29 is 25.0 Å². The van der Waals surface area contributed by atoms with Gasteiger partial charge in [-0.1, -0.05) is 35.8 Å². The van der Waals surface area contributed by atoms with Crippen molar-refractivity contribution in [3.05, 3.63) is 23.8 Å². The quantitative estimate of drug-likeness (QED) is 0.429. The molecule has 32 heavy (non-hydrogen) atoms. The van der Waals surface area contributed by atoms with Crippen LogP contribution in [0.5, 0.6) is 0 Å². The molecule has 0 heterocycles. The average Bonchev–Trinajstić information content (AvgIpc) is 3.03.